The predicted octanol–water partition coefficient (Wildman–Crippen LogP) is 6.34. The Hall–Kier alpha value is -1.61. The Morgan fingerprint density at radius 3 is 2.13 bits per heavy atom. The fraction of sp³-hybridized carbons (Fsp3) is 0.350. The van der Waals surface area contributed by atoms with Crippen molar-refractivity contribution in [2.75, 3.05) is 0 Å². The summed E-state index contributed by atoms with van der Waals surface area (Å²) in [6.07, 6.45) is 0. The first kappa shape index (κ1) is 16.3. The zero-order valence-electron chi connectivity index (χ0n) is 14.4. The van der Waals surface area contributed by atoms with Crippen LogP contribution in [0.1, 0.15) is 56.2 Å². The molecule has 0 radical (unpaired) electrons. The van der Waals surface area contributed by atoms with E-state index in [0.717, 1.165) is 15.8 Å². The van der Waals surface area contributed by atoms with Gasteiger partial charge in [0.15, 0.2) is 4.73 Å². The zero-order chi connectivity index (χ0) is 16.7. The molecule has 2 nitrogen and oxygen atoms in total. The van der Waals surface area contributed by atoms with E-state index in [9.17, 15) is 0 Å². The van der Waals surface area contributed by atoms with Crippen molar-refractivity contribution in [2.24, 2.45) is 0 Å². The maximum absolute atomic E-state index is 4.71. The maximum Gasteiger partial charge on any atom is 0.182 e. The standard InChI is InChI=1S/C20H23BrN2/c1-12(2)15-7-6-8-16(13(3)4)19(15)23-18-11-14(5)9-10-17(18)22-20(23)21/h6-13H,1-5H3. The minimum absolute atomic E-state index is 0.456. The number of fused-ring (bicyclic) bond motifs is 1. The molecule has 0 bridgehead atoms. The van der Waals surface area contributed by atoms with Crippen LogP contribution >= 0.6 is 15.9 Å². The Kier molecular flexibility index (Phi) is 4.33. The lowest BCUT2D eigenvalue weighted by Crippen LogP contribution is -2.07. The van der Waals surface area contributed by atoms with Crippen molar-refractivity contribution in [3.8, 4) is 5.69 Å². The van der Waals surface area contributed by atoms with Crippen LogP contribution in [0.4, 0.5) is 0 Å². The van der Waals surface area contributed by atoms with E-state index in [1.807, 2.05) is 0 Å². The van der Waals surface area contributed by atoms with Gasteiger partial charge in [-0.25, -0.2) is 4.98 Å². The molecule has 3 heteroatoms. The summed E-state index contributed by atoms with van der Waals surface area (Å²) in [5, 5.41) is 0. The molecule has 0 saturated heterocycles. The molecular formula is C20H23BrN2. The Morgan fingerprint density at radius 1 is 0.957 bits per heavy atom. The van der Waals surface area contributed by atoms with Crippen LogP contribution in [0.15, 0.2) is 41.1 Å². The molecule has 0 aliphatic heterocycles. The van der Waals surface area contributed by atoms with Gasteiger partial charge >= 0.3 is 0 Å². The minimum atomic E-state index is 0.456. The number of halogens is 1. The van der Waals surface area contributed by atoms with Crippen LogP contribution in [0.2, 0.25) is 0 Å². The number of rotatable bonds is 3. The smallest absolute Gasteiger partial charge is 0.182 e. The number of hydrogen-bond donors (Lipinski definition) is 0. The fourth-order valence-corrected chi connectivity index (χ4v) is 3.70. The third-order valence-corrected chi connectivity index (χ3v) is 4.87. The molecule has 0 fully saturated rings. The SMILES string of the molecule is Cc1ccc2nc(Br)n(-c3c(C(C)C)cccc3C(C)C)c2c1. The van der Waals surface area contributed by atoms with Crippen molar-refractivity contribution in [2.45, 2.75) is 46.5 Å². The molecule has 0 spiro atoms. The van der Waals surface area contributed by atoms with Crippen molar-refractivity contribution in [1.29, 1.82) is 0 Å². The summed E-state index contributed by atoms with van der Waals surface area (Å²) in [5.41, 5.74) is 7.43. The van der Waals surface area contributed by atoms with E-state index in [4.69, 9.17) is 4.98 Å². The average Bonchev–Trinajstić information content (AvgIpc) is 2.81. The highest BCUT2D eigenvalue weighted by Crippen LogP contribution is 2.35. The molecule has 0 N–H and O–H groups in total. The summed E-state index contributed by atoms with van der Waals surface area (Å²) in [5.74, 6) is 0.913. The summed E-state index contributed by atoms with van der Waals surface area (Å²) in [7, 11) is 0. The Labute approximate surface area is 146 Å². The number of aryl methyl sites for hydroxylation is 1. The van der Waals surface area contributed by atoms with Crippen LogP contribution in [-0.4, -0.2) is 9.55 Å². The predicted molar refractivity (Wildman–Crippen MR) is 102 cm³/mol. The Balaban J connectivity index is 2.43. The van der Waals surface area contributed by atoms with Gasteiger partial charge in [0.1, 0.15) is 0 Å². The quantitative estimate of drug-likeness (QED) is 0.525. The van der Waals surface area contributed by atoms with Crippen LogP contribution in [0.5, 0.6) is 0 Å². The van der Waals surface area contributed by atoms with Gasteiger partial charge in [-0.1, -0.05) is 52.0 Å². The second kappa shape index (κ2) is 6.12. The first-order valence-corrected chi connectivity index (χ1v) is 8.97. The topological polar surface area (TPSA) is 17.8 Å². The second-order valence-corrected chi connectivity index (χ2v) is 7.51. The van der Waals surface area contributed by atoms with E-state index < -0.39 is 0 Å². The van der Waals surface area contributed by atoms with Gasteiger partial charge in [0, 0.05) is 0 Å². The number of imidazole rings is 1. The first-order valence-electron chi connectivity index (χ1n) is 8.18. The second-order valence-electron chi connectivity index (χ2n) is 6.80. The highest BCUT2D eigenvalue weighted by Gasteiger charge is 2.19. The summed E-state index contributed by atoms with van der Waals surface area (Å²) in [6.45, 7) is 11.1. The first-order chi connectivity index (χ1) is 10.9. The van der Waals surface area contributed by atoms with Crippen LogP contribution in [0.25, 0.3) is 16.7 Å². The molecule has 1 aromatic heterocycles. The largest absolute Gasteiger partial charge is 0.286 e. The molecule has 0 unspecified atom stereocenters. The molecule has 23 heavy (non-hydrogen) atoms. The molecule has 2 aromatic carbocycles. The third-order valence-electron chi connectivity index (χ3n) is 4.34. The molecule has 0 amide bonds. The third kappa shape index (κ3) is 2.83. The van der Waals surface area contributed by atoms with Crippen molar-refractivity contribution >= 4 is 27.0 Å². The van der Waals surface area contributed by atoms with Gasteiger partial charge in [0.25, 0.3) is 0 Å². The van der Waals surface area contributed by atoms with Gasteiger partial charge in [-0.2, -0.15) is 0 Å². The van der Waals surface area contributed by atoms with Crippen LogP contribution < -0.4 is 0 Å². The summed E-state index contributed by atoms with van der Waals surface area (Å²) in [4.78, 5) is 4.71. The Morgan fingerprint density at radius 2 is 1.57 bits per heavy atom. The van der Waals surface area contributed by atoms with Crippen molar-refractivity contribution in [3.63, 3.8) is 0 Å². The zero-order valence-corrected chi connectivity index (χ0v) is 16.0. The fourth-order valence-electron chi connectivity index (χ4n) is 3.14. The van der Waals surface area contributed by atoms with Crippen LogP contribution in [0, 0.1) is 6.92 Å². The summed E-state index contributed by atoms with van der Waals surface area (Å²) in [6, 6.07) is 13.1. The molecule has 0 aliphatic carbocycles. The number of para-hydroxylation sites is 1. The van der Waals surface area contributed by atoms with Crippen molar-refractivity contribution in [1.82, 2.24) is 9.55 Å². The highest BCUT2D eigenvalue weighted by molar-refractivity contribution is 9.10. The van der Waals surface area contributed by atoms with Crippen molar-refractivity contribution in [3.05, 3.63) is 57.8 Å². The molecule has 3 aromatic rings. The van der Waals surface area contributed by atoms with Gasteiger partial charge in [0.2, 0.25) is 0 Å². The van der Waals surface area contributed by atoms with Gasteiger partial charge in [-0.3, -0.25) is 4.57 Å². The van der Waals surface area contributed by atoms with Crippen LogP contribution in [0.3, 0.4) is 0 Å². The molecule has 1 heterocycles. The van der Waals surface area contributed by atoms with E-state index >= 15 is 0 Å². The lowest BCUT2D eigenvalue weighted by Gasteiger charge is -2.21. The molecule has 120 valence electrons. The van der Waals surface area contributed by atoms with E-state index in [1.165, 1.54) is 22.4 Å². The van der Waals surface area contributed by atoms with Crippen molar-refractivity contribution < 1.29 is 0 Å². The number of nitrogens with zero attached hydrogens (tertiary/aromatic N) is 2. The molecule has 0 atom stereocenters. The van der Waals surface area contributed by atoms with E-state index in [-0.39, 0.29) is 0 Å². The normalized spacial score (nSPS) is 11.8. The molecule has 3 rings (SSSR count). The van der Waals surface area contributed by atoms with E-state index in [2.05, 4.69) is 91.5 Å². The Bertz CT molecular complexity index is 833. The highest BCUT2D eigenvalue weighted by atomic mass is 79.9. The van der Waals surface area contributed by atoms with E-state index in [1.54, 1.807) is 0 Å². The van der Waals surface area contributed by atoms with Gasteiger partial charge < -0.3 is 0 Å². The summed E-state index contributed by atoms with van der Waals surface area (Å²) < 4.78 is 3.14. The minimum Gasteiger partial charge on any atom is -0.286 e. The average molecular weight is 371 g/mol. The summed E-state index contributed by atoms with van der Waals surface area (Å²) >= 11 is 3.69. The lowest BCUT2D eigenvalue weighted by molar-refractivity contribution is 0.805. The van der Waals surface area contributed by atoms with Gasteiger partial charge in [0.05, 0.1) is 16.7 Å². The number of benzene rings is 2. The molecule has 0 saturated carbocycles. The number of hydrogen-bond acceptors (Lipinski definition) is 1. The van der Waals surface area contributed by atoms with E-state index in [0.29, 0.717) is 11.8 Å². The molecule has 0 aliphatic rings. The molecular weight excluding hydrogens is 348 g/mol. The van der Waals surface area contributed by atoms with Crippen LogP contribution in [-0.2, 0) is 0 Å². The van der Waals surface area contributed by atoms with Gasteiger partial charge in [-0.05, 0) is 63.5 Å². The number of aromatic nitrogens is 2. The monoisotopic (exact) mass is 370 g/mol. The van der Waals surface area contributed by atoms with Gasteiger partial charge in [-0.15, -0.1) is 0 Å². The lowest BCUT2D eigenvalue weighted by atomic mass is 9.92. The maximum atomic E-state index is 4.71.